The van der Waals surface area contributed by atoms with Gasteiger partial charge in [-0.2, -0.15) is 0 Å². The summed E-state index contributed by atoms with van der Waals surface area (Å²) in [5, 5.41) is 3.33. The van der Waals surface area contributed by atoms with Gasteiger partial charge in [-0.15, -0.1) is 0 Å². The number of nitrogens with zero attached hydrogens (tertiary/aromatic N) is 1. The van der Waals surface area contributed by atoms with E-state index in [0.29, 0.717) is 24.4 Å². The molecule has 0 aromatic carbocycles. The van der Waals surface area contributed by atoms with E-state index in [2.05, 4.69) is 26.1 Å². The molecule has 1 unspecified atom stereocenters. The third-order valence-electron chi connectivity index (χ3n) is 2.99. The van der Waals surface area contributed by atoms with E-state index in [9.17, 15) is 4.79 Å². The van der Waals surface area contributed by atoms with Crippen LogP contribution in [0.25, 0.3) is 0 Å². The summed E-state index contributed by atoms with van der Waals surface area (Å²) in [6.45, 7) is 8.33. The largest absolute Gasteiger partial charge is 0.340 e. The number of hydrogen-bond acceptors (Lipinski definition) is 2. The summed E-state index contributed by atoms with van der Waals surface area (Å²) >= 11 is 0. The van der Waals surface area contributed by atoms with Crippen LogP contribution in [0.5, 0.6) is 0 Å². The van der Waals surface area contributed by atoms with E-state index in [1.54, 1.807) is 0 Å². The van der Waals surface area contributed by atoms with Gasteiger partial charge in [0.25, 0.3) is 0 Å². The van der Waals surface area contributed by atoms with Gasteiger partial charge in [-0.05, 0) is 32.7 Å². The van der Waals surface area contributed by atoms with Gasteiger partial charge in [-0.3, -0.25) is 4.79 Å². The minimum Gasteiger partial charge on any atom is -0.340 e. The fraction of sp³-hybridized carbons (Fsp3) is 0.917. The Morgan fingerprint density at radius 2 is 2.27 bits per heavy atom. The van der Waals surface area contributed by atoms with E-state index < -0.39 is 0 Å². The SMILES string of the molecule is CC(C)NCCCC(=O)N1CCCC1C. The molecule has 1 saturated heterocycles. The zero-order valence-electron chi connectivity index (χ0n) is 10.3. The van der Waals surface area contributed by atoms with Crippen molar-refractivity contribution in [3.63, 3.8) is 0 Å². The Balaban J connectivity index is 2.13. The molecule has 1 aliphatic rings. The highest BCUT2D eigenvalue weighted by molar-refractivity contribution is 5.76. The molecule has 0 spiro atoms. The maximum atomic E-state index is 11.8. The second kappa shape index (κ2) is 6.11. The molecule has 0 bridgehead atoms. The van der Waals surface area contributed by atoms with Crippen LogP contribution in [-0.4, -0.2) is 36.0 Å². The Labute approximate surface area is 93.2 Å². The fourth-order valence-corrected chi connectivity index (χ4v) is 2.08. The van der Waals surface area contributed by atoms with Crippen LogP contribution in [0.15, 0.2) is 0 Å². The topological polar surface area (TPSA) is 32.3 Å². The number of amides is 1. The summed E-state index contributed by atoms with van der Waals surface area (Å²) in [5.74, 6) is 0.338. The molecule has 0 radical (unpaired) electrons. The highest BCUT2D eigenvalue weighted by atomic mass is 16.2. The zero-order chi connectivity index (χ0) is 11.3. The van der Waals surface area contributed by atoms with Gasteiger partial charge in [0.05, 0.1) is 0 Å². The summed E-state index contributed by atoms with van der Waals surface area (Å²) in [6, 6.07) is 0.987. The first-order chi connectivity index (χ1) is 7.11. The van der Waals surface area contributed by atoms with Crippen molar-refractivity contribution < 1.29 is 4.79 Å². The second-order valence-electron chi connectivity index (χ2n) is 4.79. The summed E-state index contributed by atoms with van der Waals surface area (Å²) in [6.07, 6.45) is 4.01. The predicted molar refractivity (Wildman–Crippen MR) is 62.8 cm³/mol. The summed E-state index contributed by atoms with van der Waals surface area (Å²) in [4.78, 5) is 13.8. The average molecular weight is 212 g/mol. The highest BCUT2D eigenvalue weighted by Crippen LogP contribution is 2.17. The average Bonchev–Trinajstić information content (AvgIpc) is 2.58. The lowest BCUT2D eigenvalue weighted by atomic mass is 10.2. The number of likely N-dealkylation sites (tertiary alicyclic amines) is 1. The van der Waals surface area contributed by atoms with Gasteiger partial charge in [0, 0.05) is 25.0 Å². The molecule has 1 rings (SSSR count). The van der Waals surface area contributed by atoms with Gasteiger partial charge in [-0.1, -0.05) is 13.8 Å². The number of hydrogen-bond donors (Lipinski definition) is 1. The molecular weight excluding hydrogens is 188 g/mol. The molecule has 1 aliphatic heterocycles. The van der Waals surface area contributed by atoms with Crippen molar-refractivity contribution >= 4 is 5.91 Å². The van der Waals surface area contributed by atoms with E-state index in [0.717, 1.165) is 19.5 Å². The fourth-order valence-electron chi connectivity index (χ4n) is 2.08. The quantitative estimate of drug-likeness (QED) is 0.704. The van der Waals surface area contributed by atoms with Crippen LogP contribution >= 0.6 is 0 Å². The number of carbonyl (C=O) groups excluding carboxylic acids is 1. The Hall–Kier alpha value is -0.570. The van der Waals surface area contributed by atoms with Gasteiger partial charge in [0.15, 0.2) is 0 Å². The van der Waals surface area contributed by atoms with Crippen LogP contribution in [0.2, 0.25) is 0 Å². The van der Waals surface area contributed by atoms with Crippen LogP contribution < -0.4 is 5.32 Å². The van der Waals surface area contributed by atoms with Crippen LogP contribution in [0.1, 0.15) is 46.5 Å². The summed E-state index contributed by atoms with van der Waals surface area (Å²) < 4.78 is 0. The molecular formula is C12H24N2O. The molecule has 0 aromatic heterocycles. The molecule has 3 heteroatoms. The lowest BCUT2D eigenvalue weighted by Crippen LogP contribution is -2.34. The molecule has 88 valence electrons. The molecule has 3 nitrogen and oxygen atoms in total. The predicted octanol–water partition coefficient (Wildman–Crippen LogP) is 1.78. The molecule has 1 amide bonds. The van der Waals surface area contributed by atoms with E-state index in [4.69, 9.17) is 0 Å². The monoisotopic (exact) mass is 212 g/mol. The maximum absolute atomic E-state index is 11.8. The first kappa shape index (κ1) is 12.5. The maximum Gasteiger partial charge on any atom is 0.222 e. The first-order valence-corrected chi connectivity index (χ1v) is 6.14. The van der Waals surface area contributed by atoms with E-state index in [1.807, 2.05) is 4.90 Å². The van der Waals surface area contributed by atoms with Crippen LogP contribution in [-0.2, 0) is 4.79 Å². The second-order valence-corrected chi connectivity index (χ2v) is 4.79. The number of nitrogens with one attached hydrogen (secondary N) is 1. The standard InChI is InChI=1S/C12H24N2O/c1-10(2)13-8-4-7-12(15)14-9-5-6-11(14)3/h10-11,13H,4-9H2,1-3H3. The Kier molecular flexibility index (Phi) is 5.09. The van der Waals surface area contributed by atoms with Gasteiger partial charge in [0.1, 0.15) is 0 Å². The minimum absolute atomic E-state index is 0.338. The van der Waals surface area contributed by atoms with Crippen LogP contribution in [0, 0.1) is 0 Å². The lowest BCUT2D eigenvalue weighted by Gasteiger charge is -2.21. The molecule has 1 heterocycles. The van der Waals surface area contributed by atoms with Crippen molar-refractivity contribution in [2.24, 2.45) is 0 Å². The molecule has 0 aromatic rings. The molecule has 1 atom stereocenters. The zero-order valence-corrected chi connectivity index (χ0v) is 10.3. The Morgan fingerprint density at radius 3 is 2.80 bits per heavy atom. The van der Waals surface area contributed by atoms with Crippen molar-refractivity contribution in [2.75, 3.05) is 13.1 Å². The number of rotatable bonds is 5. The third-order valence-corrected chi connectivity index (χ3v) is 2.99. The Morgan fingerprint density at radius 1 is 1.53 bits per heavy atom. The third kappa shape index (κ3) is 4.20. The summed E-state index contributed by atoms with van der Waals surface area (Å²) in [5.41, 5.74) is 0. The highest BCUT2D eigenvalue weighted by Gasteiger charge is 2.24. The molecule has 15 heavy (non-hydrogen) atoms. The smallest absolute Gasteiger partial charge is 0.222 e. The molecule has 1 fully saturated rings. The molecule has 0 saturated carbocycles. The van der Waals surface area contributed by atoms with Gasteiger partial charge in [-0.25, -0.2) is 0 Å². The van der Waals surface area contributed by atoms with Crippen LogP contribution in [0.3, 0.4) is 0 Å². The van der Waals surface area contributed by atoms with Crippen molar-refractivity contribution in [3.8, 4) is 0 Å². The van der Waals surface area contributed by atoms with E-state index in [-0.39, 0.29) is 0 Å². The van der Waals surface area contributed by atoms with Crippen molar-refractivity contribution in [2.45, 2.75) is 58.5 Å². The van der Waals surface area contributed by atoms with E-state index in [1.165, 1.54) is 12.8 Å². The lowest BCUT2D eigenvalue weighted by molar-refractivity contribution is -0.131. The minimum atomic E-state index is 0.338. The van der Waals surface area contributed by atoms with Crippen molar-refractivity contribution in [3.05, 3.63) is 0 Å². The molecule has 0 aliphatic carbocycles. The molecule has 1 N–H and O–H groups in total. The van der Waals surface area contributed by atoms with Gasteiger partial charge in [0.2, 0.25) is 5.91 Å². The normalized spacial score (nSPS) is 21.3. The Bertz CT molecular complexity index is 204. The van der Waals surface area contributed by atoms with Crippen LogP contribution in [0.4, 0.5) is 0 Å². The van der Waals surface area contributed by atoms with Crippen molar-refractivity contribution in [1.29, 1.82) is 0 Å². The summed E-state index contributed by atoms with van der Waals surface area (Å²) in [7, 11) is 0. The van der Waals surface area contributed by atoms with Gasteiger partial charge < -0.3 is 10.2 Å². The van der Waals surface area contributed by atoms with E-state index >= 15 is 0 Å². The first-order valence-electron chi connectivity index (χ1n) is 6.14. The van der Waals surface area contributed by atoms with Gasteiger partial charge >= 0.3 is 0 Å². The number of carbonyl (C=O) groups is 1. The van der Waals surface area contributed by atoms with Crippen molar-refractivity contribution in [1.82, 2.24) is 10.2 Å².